The Bertz CT molecular complexity index is 1310. The van der Waals surface area contributed by atoms with Crippen LogP contribution in [0.3, 0.4) is 0 Å². The first kappa shape index (κ1) is 26.5. The molecule has 198 valence electrons. The number of morpholine rings is 1. The van der Waals surface area contributed by atoms with Crippen molar-refractivity contribution in [1.29, 1.82) is 0 Å². The van der Waals surface area contributed by atoms with Crippen LogP contribution in [0.5, 0.6) is 11.5 Å². The fourth-order valence-electron chi connectivity index (χ4n) is 4.15. The van der Waals surface area contributed by atoms with Gasteiger partial charge in [-0.3, -0.25) is 19.1 Å². The van der Waals surface area contributed by atoms with Crippen molar-refractivity contribution >= 4 is 16.9 Å². The number of hydrogen-bond donors (Lipinski definition) is 1. The van der Waals surface area contributed by atoms with Crippen LogP contribution in [0.1, 0.15) is 20.3 Å². The Balaban J connectivity index is 1.63. The Labute approximate surface area is 214 Å². The smallest absolute Gasteiger partial charge is 0.263 e. The van der Waals surface area contributed by atoms with E-state index in [1.807, 2.05) is 13.8 Å². The third-order valence-electron chi connectivity index (χ3n) is 5.94. The Kier molecular flexibility index (Phi) is 8.67. The molecule has 0 radical (unpaired) electrons. The van der Waals surface area contributed by atoms with Crippen molar-refractivity contribution in [3.8, 4) is 22.9 Å². The zero-order valence-corrected chi connectivity index (χ0v) is 21.3. The number of methoxy groups -OCH3 is 1. The van der Waals surface area contributed by atoms with Gasteiger partial charge in [0.2, 0.25) is 5.91 Å². The molecule has 0 atom stereocenters. The number of nitrogens with one attached hydrogen (secondary N) is 1. The molecular formula is C26H32FN5O5. The maximum Gasteiger partial charge on any atom is 0.263 e. The summed E-state index contributed by atoms with van der Waals surface area (Å²) in [6.07, 6.45) is 2.34. The molecule has 11 heteroatoms. The van der Waals surface area contributed by atoms with Crippen LogP contribution in [-0.4, -0.2) is 77.9 Å². The van der Waals surface area contributed by atoms with E-state index in [1.54, 1.807) is 6.07 Å². The summed E-state index contributed by atoms with van der Waals surface area (Å²) in [4.78, 5) is 37.4. The third kappa shape index (κ3) is 6.60. The fraction of sp³-hybridized carbons (Fsp3) is 0.462. The monoisotopic (exact) mass is 513 g/mol. The molecule has 4 rings (SSSR count). The summed E-state index contributed by atoms with van der Waals surface area (Å²) in [6.45, 7) is 8.08. The summed E-state index contributed by atoms with van der Waals surface area (Å²) in [5.74, 6) is -0.271. The van der Waals surface area contributed by atoms with Gasteiger partial charge < -0.3 is 19.5 Å². The fourth-order valence-corrected chi connectivity index (χ4v) is 4.15. The lowest BCUT2D eigenvalue weighted by molar-refractivity contribution is -0.122. The number of fused-ring (bicyclic) bond motifs is 1. The van der Waals surface area contributed by atoms with Crippen molar-refractivity contribution in [3.05, 3.63) is 46.6 Å². The minimum absolute atomic E-state index is 0.00110. The summed E-state index contributed by atoms with van der Waals surface area (Å²) < 4.78 is 31.6. The van der Waals surface area contributed by atoms with Crippen molar-refractivity contribution in [2.24, 2.45) is 0 Å². The standard InChI is InChI=1S/C26H32FN5O5/c1-17(2)29-23(33)16-32-25(18-5-6-21(27)22(13-18)35-3)30-24-20(26(32)34)14-19(15-28-24)37-10-4-7-31-8-11-36-12-9-31/h5-6,13-15,17H,4,7-12,16H2,1-3H3,(H,29,33). The van der Waals surface area contributed by atoms with Gasteiger partial charge in [-0.25, -0.2) is 14.4 Å². The van der Waals surface area contributed by atoms with E-state index in [0.717, 1.165) is 39.3 Å². The lowest BCUT2D eigenvalue weighted by atomic mass is 10.1. The first-order valence-corrected chi connectivity index (χ1v) is 12.3. The number of carbonyl (C=O) groups is 1. The molecule has 1 saturated heterocycles. The van der Waals surface area contributed by atoms with Crippen molar-refractivity contribution in [2.45, 2.75) is 32.9 Å². The van der Waals surface area contributed by atoms with Crippen LogP contribution in [-0.2, 0) is 16.1 Å². The van der Waals surface area contributed by atoms with E-state index in [-0.39, 0.29) is 41.1 Å². The zero-order valence-electron chi connectivity index (χ0n) is 21.3. The number of carbonyl (C=O) groups excluding carboxylic acids is 1. The molecule has 0 aliphatic carbocycles. The van der Waals surface area contributed by atoms with Gasteiger partial charge in [0.25, 0.3) is 5.56 Å². The van der Waals surface area contributed by atoms with Gasteiger partial charge in [0, 0.05) is 31.2 Å². The molecule has 1 N–H and O–H groups in total. The minimum atomic E-state index is -0.549. The van der Waals surface area contributed by atoms with Crippen LogP contribution in [0.2, 0.25) is 0 Å². The molecule has 0 saturated carbocycles. The van der Waals surface area contributed by atoms with Crippen molar-refractivity contribution in [1.82, 2.24) is 24.8 Å². The lowest BCUT2D eigenvalue weighted by Gasteiger charge is -2.26. The normalized spacial score (nSPS) is 14.2. The van der Waals surface area contributed by atoms with Crippen molar-refractivity contribution in [2.75, 3.05) is 46.6 Å². The second-order valence-electron chi connectivity index (χ2n) is 9.10. The van der Waals surface area contributed by atoms with E-state index < -0.39 is 11.4 Å². The number of hydrogen-bond acceptors (Lipinski definition) is 8. The molecule has 10 nitrogen and oxygen atoms in total. The van der Waals surface area contributed by atoms with E-state index >= 15 is 0 Å². The van der Waals surface area contributed by atoms with Crippen LogP contribution < -0.4 is 20.3 Å². The molecule has 1 aliphatic heterocycles. The Hall–Kier alpha value is -3.57. The van der Waals surface area contributed by atoms with E-state index in [1.165, 1.54) is 36.1 Å². The number of halogens is 1. The van der Waals surface area contributed by atoms with E-state index in [9.17, 15) is 14.0 Å². The topological polar surface area (TPSA) is 108 Å². The summed E-state index contributed by atoms with van der Waals surface area (Å²) in [6, 6.07) is 5.63. The quantitative estimate of drug-likeness (QED) is 0.412. The first-order valence-electron chi connectivity index (χ1n) is 12.3. The molecule has 1 aromatic carbocycles. The Morgan fingerprint density at radius 3 is 2.76 bits per heavy atom. The SMILES string of the molecule is COc1cc(-c2nc3ncc(OCCCN4CCOCC4)cc3c(=O)n2CC(=O)NC(C)C)ccc1F. The van der Waals surface area contributed by atoms with Crippen LogP contribution in [0.25, 0.3) is 22.4 Å². The molecule has 0 bridgehead atoms. The van der Waals surface area contributed by atoms with Gasteiger partial charge in [-0.1, -0.05) is 0 Å². The van der Waals surface area contributed by atoms with Crippen LogP contribution in [0.4, 0.5) is 4.39 Å². The average Bonchev–Trinajstić information content (AvgIpc) is 2.89. The molecule has 1 aliphatic rings. The maximum absolute atomic E-state index is 14.0. The lowest BCUT2D eigenvalue weighted by Crippen LogP contribution is -2.37. The number of amides is 1. The highest BCUT2D eigenvalue weighted by Gasteiger charge is 2.19. The molecular weight excluding hydrogens is 481 g/mol. The predicted octanol–water partition coefficient (Wildman–Crippen LogP) is 2.23. The number of ether oxygens (including phenoxy) is 3. The summed E-state index contributed by atoms with van der Waals surface area (Å²) in [7, 11) is 1.35. The van der Waals surface area contributed by atoms with Crippen molar-refractivity contribution in [3.63, 3.8) is 0 Å². The van der Waals surface area contributed by atoms with Crippen LogP contribution >= 0.6 is 0 Å². The van der Waals surface area contributed by atoms with Gasteiger partial charge in [-0.15, -0.1) is 0 Å². The molecule has 3 aromatic rings. The molecule has 2 aromatic heterocycles. The molecule has 37 heavy (non-hydrogen) atoms. The molecule has 1 fully saturated rings. The highest BCUT2D eigenvalue weighted by molar-refractivity contribution is 5.80. The van der Waals surface area contributed by atoms with Crippen LogP contribution in [0, 0.1) is 5.82 Å². The molecule has 3 heterocycles. The van der Waals surface area contributed by atoms with Gasteiger partial charge in [0.15, 0.2) is 17.2 Å². The zero-order chi connectivity index (χ0) is 26.4. The van der Waals surface area contributed by atoms with Gasteiger partial charge in [0.05, 0.1) is 38.5 Å². The van der Waals surface area contributed by atoms with Crippen molar-refractivity contribution < 1.29 is 23.4 Å². The van der Waals surface area contributed by atoms with Gasteiger partial charge in [0.1, 0.15) is 18.1 Å². The van der Waals surface area contributed by atoms with E-state index in [4.69, 9.17) is 14.2 Å². The largest absolute Gasteiger partial charge is 0.494 e. The van der Waals surface area contributed by atoms with Gasteiger partial charge in [-0.05, 0) is 44.5 Å². The predicted molar refractivity (Wildman–Crippen MR) is 136 cm³/mol. The summed E-state index contributed by atoms with van der Waals surface area (Å²) in [5, 5.41) is 3.01. The Morgan fingerprint density at radius 2 is 2.03 bits per heavy atom. The van der Waals surface area contributed by atoms with Gasteiger partial charge in [-0.2, -0.15) is 0 Å². The average molecular weight is 514 g/mol. The van der Waals surface area contributed by atoms with E-state index in [0.29, 0.717) is 17.9 Å². The second kappa shape index (κ2) is 12.1. The number of nitrogens with zero attached hydrogens (tertiary/aromatic N) is 4. The van der Waals surface area contributed by atoms with Gasteiger partial charge >= 0.3 is 0 Å². The van der Waals surface area contributed by atoms with E-state index in [2.05, 4.69) is 20.2 Å². The summed E-state index contributed by atoms with van der Waals surface area (Å²) in [5.41, 5.74) is 0.165. The highest BCUT2D eigenvalue weighted by atomic mass is 19.1. The highest BCUT2D eigenvalue weighted by Crippen LogP contribution is 2.26. The Morgan fingerprint density at radius 1 is 1.24 bits per heavy atom. The number of benzene rings is 1. The molecule has 1 amide bonds. The maximum atomic E-state index is 14.0. The third-order valence-corrected chi connectivity index (χ3v) is 5.94. The number of pyridine rings is 1. The van der Waals surface area contributed by atoms with Crippen LogP contribution in [0.15, 0.2) is 35.3 Å². The first-order chi connectivity index (χ1) is 17.9. The second-order valence-corrected chi connectivity index (χ2v) is 9.10. The molecule has 0 unspecified atom stereocenters. The minimum Gasteiger partial charge on any atom is -0.494 e. The number of rotatable bonds is 10. The number of aromatic nitrogens is 3. The summed E-state index contributed by atoms with van der Waals surface area (Å²) >= 11 is 0. The molecule has 0 spiro atoms.